The average molecular weight is 208 g/mol. The van der Waals surface area contributed by atoms with Gasteiger partial charge < -0.3 is 10.6 Å². The van der Waals surface area contributed by atoms with E-state index in [9.17, 15) is 9.59 Å². The molecule has 82 valence electrons. The zero-order valence-electron chi connectivity index (χ0n) is 8.95. The molecular weight excluding hydrogens is 192 g/mol. The van der Waals surface area contributed by atoms with E-state index in [-0.39, 0.29) is 24.2 Å². The van der Waals surface area contributed by atoms with Gasteiger partial charge in [-0.1, -0.05) is 5.92 Å². The molecule has 4 heteroatoms. The molecule has 1 rings (SSSR count). The Morgan fingerprint density at radius 1 is 1.40 bits per heavy atom. The number of Topliss-reactive ketones (excluding diaryl/α,β-unsaturated/α-hetero) is 1. The third-order valence-corrected chi connectivity index (χ3v) is 2.67. The molecule has 15 heavy (non-hydrogen) atoms. The number of hydrogen-bond donors (Lipinski definition) is 1. The molecule has 0 bridgehead atoms. The molecule has 1 heterocycles. The summed E-state index contributed by atoms with van der Waals surface area (Å²) in [7, 11) is 0. The highest BCUT2D eigenvalue weighted by Gasteiger charge is 2.25. The quantitative estimate of drug-likeness (QED) is 0.638. The fourth-order valence-electron chi connectivity index (χ4n) is 1.76. The van der Waals surface area contributed by atoms with Crippen LogP contribution in [0.15, 0.2) is 0 Å². The largest absolute Gasteiger partial charge is 0.332 e. The van der Waals surface area contributed by atoms with Gasteiger partial charge in [-0.05, 0) is 25.7 Å². The van der Waals surface area contributed by atoms with Crippen LogP contribution in [0.4, 0.5) is 0 Å². The van der Waals surface area contributed by atoms with E-state index < -0.39 is 0 Å². The van der Waals surface area contributed by atoms with E-state index in [1.165, 1.54) is 0 Å². The Balaban J connectivity index is 2.44. The average Bonchev–Trinajstić information content (AvgIpc) is 2.28. The molecule has 1 fully saturated rings. The van der Waals surface area contributed by atoms with Gasteiger partial charge in [0, 0.05) is 19.0 Å². The van der Waals surface area contributed by atoms with Crippen LogP contribution in [0.3, 0.4) is 0 Å². The maximum Gasteiger partial charge on any atom is 0.298 e. The lowest BCUT2D eigenvalue weighted by Crippen LogP contribution is -2.40. The molecule has 0 aliphatic carbocycles. The lowest BCUT2D eigenvalue weighted by Gasteiger charge is -2.29. The molecular formula is C11H16N2O2. The van der Waals surface area contributed by atoms with E-state index in [1.54, 1.807) is 11.8 Å². The van der Waals surface area contributed by atoms with Gasteiger partial charge >= 0.3 is 0 Å². The molecule has 1 aliphatic heterocycles. The molecule has 0 aromatic rings. The minimum Gasteiger partial charge on any atom is -0.332 e. The van der Waals surface area contributed by atoms with Crippen LogP contribution in [-0.4, -0.2) is 36.2 Å². The number of carbonyl (C=O) groups is 2. The van der Waals surface area contributed by atoms with Crippen molar-refractivity contribution in [2.45, 2.75) is 19.8 Å². The summed E-state index contributed by atoms with van der Waals surface area (Å²) < 4.78 is 0. The molecule has 4 nitrogen and oxygen atoms in total. The van der Waals surface area contributed by atoms with Crippen molar-refractivity contribution in [2.75, 3.05) is 19.6 Å². The number of ketones is 1. The Bertz CT molecular complexity index is 306. The number of carbonyl (C=O) groups excluding carboxylic acids is 2. The van der Waals surface area contributed by atoms with E-state index in [0.29, 0.717) is 25.9 Å². The van der Waals surface area contributed by atoms with Crippen molar-refractivity contribution in [3.8, 4) is 11.8 Å². The van der Waals surface area contributed by atoms with Gasteiger partial charge in [-0.25, -0.2) is 0 Å². The lowest BCUT2D eigenvalue weighted by atomic mass is 9.92. The standard InChI is InChI=1S/C11H16N2O2/c1-2-3-11(15)13-6-4-9(5-7-13)10(14)8-12/h9H,4-8,12H2,1H3. The van der Waals surface area contributed by atoms with Crippen molar-refractivity contribution in [1.29, 1.82) is 0 Å². The molecule has 1 saturated heterocycles. The summed E-state index contributed by atoms with van der Waals surface area (Å²) in [6.07, 6.45) is 1.43. The number of amides is 1. The fourth-order valence-corrected chi connectivity index (χ4v) is 1.76. The number of hydrogen-bond acceptors (Lipinski definition) is 3. The van der Waals surface area contributed by atoms with Crippen molar-refractivity contribution in [1.82, 2.24) is 4.90 Å². The molecule has 1 amide bonds. The number of nitrogens with two attached hydrogens (primary N) is 1. The third kappa shape index (κ3) is 3.07. The molecule has 2 N–H and O–H groups in total. The molecule has 0 aromatic carbocycles. The van der Waals surface area contributed by atoms with Gasteiger partial charge in [0.2, 0.25) is 0 Å². The van der Waals surface area contributed by atoms with Crippen LogP contribution >= 0.6 is 0 Å². The van der Waals surface area contributed by atoms with Gasteiger partial charge in [0.15, 0.2) is 0 Å². The second kappa shape index (κ2) is 5.52. The van der Waals surface area contributed by atoms with E-state index >= 15 is 0 Å². The van der Waals surface area contributed by atoms with Crippen LogP contribution in [0.1, 0.15) is 19.8 Å². The summed E-state index contributed by atoms with van der Waals surface area (Å²) in [5, 5.41) is 0. The second-order valence-corrected chi connectivity index (χ2v) is 3.61. The Hall–Kier alpha value is -1.34. The number of likely N-dealkylation sites (tertiary alicyclic amines) is 1. The Labute approximate surface area is 89.8 Å². The van der Waals surface area contributed by atoms with Crippen molar-refractivity contribution >= 4 is 11.7 Å². The summed E-state index contributed by atoms with van der Waals surface area (Å²) in [5.41, 5.74) is 5.29. The monoisotopic (exact) mass is 208 g/mol. The topological polar surface area (TPSA) is 63.4 Å². The minimum atomic E-state index is -0.142. The molecule has 1 aliphatic rings. The van der Waals surface area contributed by atoms with Crippen LogP contribution < -0.4 is 5.73 Å². The zero-order chi connectivity index (χ0) is 11.3. The molecule has 0 unspecified atom stereocenters. The SMILES string of the molecule is CC#CC(=O)N1CCC(C(=O)CN)CC1. The van der Waals surface area contributed by atoms with E-state index in [2.05, 4.69) is 11.8 Å². The van der Waals surface area contributed by atoms with E-state index in [4.69, 9.17) is 5.73 Å². The molecule has 0 spiro atoms. The first-order valence-electron chi connectivity index (χ1n) is 5.13. The van der Waals surface area contributed by atoms with Gasteiger partial charge in [-0.2, -0.15) is 0 Å². The van der Waals surface area contributed by atoms with Crippen LogP contribution in [0.5, 0.6) is 0 Å². The minimum absolute atomic E-state index is 0.0358. The summed E-state index contributed by atoms with van der Waals surface area (Å²) in [6.45, 7) is 2.98. The summed E-state index contributed by atoms with van der Waals surface area (Å²) in [4.78, 5) is 24.4. The fraction of sp³-hybridized carbons (Fsp3) is 0.636. The summed E-state index contributed by atoms with van der Waals surface area (Å²) in [6, 6.07) is 0. The predicted octanol–water partition coefficient (Wildman–Crippen LogP) is -0.224. The van der Waals surface area contributed by atoms with Crippen LogP contribution in [0.2, 0.25) is 0 Å². The highest BCUT2D eigenvalue weighted by molar-refractivity contribution is 5.93. The van der Waals surface area contributed by atoms with Gasteiger partial charge in [-0.3, -0.25) is 9.59 Å². The third-order valence-electron chi connectivity index (χ3n) is 2.67. The predicted molar refractivity (Wildman–Crippen MR) is 56.8 cm³/mol. The summed E-state index contributed by atoms with van der Waals surface area (Å²) in [5.74, 6) is 5.08. The smallest absolute Gasteiger partial charge is 0.298 e. The zero-order valence-corrected chi connectivity index (χ0v) is 8.95. The van der Waals surface area contributed by atoms with Crippen molar-refractivity contribution < 1.29 is 9.59 Å². The maximum atomic E-state index is 11.4. The number of nitrogens with zero attached hydrogens (tertiary/aromatic N) is 1. The van der Waals surface area contributed by atoms with Gasteiger partial charge in [0.1, 0.15) is 5.78 Å². The molecule has 0 aromatic heterocycles. The van der Waals surface area contributed by atoms with Crippen molar-refractivity contribution in [3.05, 3.63) is 0 Å². The van der Waals surface area contributed by atoms with Gasteiger partial charge in [0.25, 0.3) is 5.91 Å². The number of rotatable bonds is 2. The van der Waals surface area contributed by atoms with E-state index in [1.807, 2.05) is 0 Å². The molecule has 0 saturated carbocycles. The first kappa shape index (κ1) is 11.7. The highest BCUT2D eigenvalue weighted by Crippen LogP contribution is 2.17. The molecule has 0 radical (unpaired) electrons. The van der Waals surface area contributed by atoms with Crippen molar-refractivity contribution in [3.63, 3.8) is 0 Å². The lowest BCUT2D eigenvalue weighted by molar-refractivity contribution is -0.130. The Kier molecular flexibility index (Phi) is 4.32. The van der Waals surface area contributed by atoms with Gasteiger partial charge in [-0.15, -0.1) is 0 Å². The number of piperidine rings is 1. The first-order valence-corrected chi connectivity index (χ1v) is 5.13. The maximum absolute atomic E-state index is 11.4. The first-order chi connectivity index (χ1) is 7.19. The van der Waals surface area contributed by atoms with Crippen LogP contribution in [0, 0.1) is 17.8 Å². The van der Waals surface area contributed by atoms with E-state index in [0.717, 1.165) is 0 Å². The van der Waals surface area contributed by atoms with Gasteiger partial charge in [0.05, 0.1) is 6.54 Å². The highest BCUT2D eigenvalue weighted by atomic mass is 16.2. The van der Waals surface area contributed by atoms with Crippen molar-refractivity contribution in [2.24, 2.45) is 11.7 Å². The van der Waals surface area contributed by atoms with Crippen LogP contribution in [0.25, 0.3) is 0 Å². The summed E-state index contributed by atoms with van der Waals surface area (Å²) >= 11 is 0. The normalized spacial score (nSPS) is 16.8. The second-order valence-electron chi connectivity index (χ2n) is 3.61. The Morgan fingerprint density at radius 3 is 2.47 bits per heavy atom. The van der Waals surface area contributed by atoms with Crippen LogP contribution in [-0.2, 0) is 9.59 Å². The molecule has 0 atom stereocenters. The Morgan fingerprint density at radius 2 is 2.00 bits per heavy atom.